The molecule has 2 aliphatic rings. The predicted octanol–water partition coefficient (Wildman–Crippen LogP) is 3.54. The molecule has 178 valence electrons. The molecule has 2 aromatic rings. The fourth-order valence-corrected chi connectivity index (χ4v) is 5.45. The second kappa shape index (κ2) is 11.0. The number of esters is 1. The summed E-state index contributed by atoms with van der Waals surface area (Å²) >= 11 is 1.45. The standard InChI is InChI=1S/C24H33N5O3S/c1-3-32-22(31)19-12-16-27(17-13-19)21(30)18(2)33-24-26-25-23(28-14-8-5-9-15-28)29(24)20-10-6-4-7-11-20/h4,6-7,10-11,18-19H,3,5,8-9,12-17H2,1-2H3/t18-/m1/s1. The lowest BCUT2D eigenvalue weighted by molar-refractivity contribution is -0.151. The van der Waals surface area contributed by atoms with E-state index < -0.39 is 0 Å². The van der Waals surface area contributed by atoms with Crippen LogP contribution in [0.15, 0.2) is 35.5 Å². The molecule has 8 nitrogen and oxygen atoms in total. The first-order chi connectivity index (χ1) is 16.1. The van der Waals surface area contributed by atoms with Gasteiger partial charge in [-0.3, -0.25) is 14.2 Å². The van der Waals surface area contributed by atoms with Crippen molar-refractivity contribution in [1.29, 1.82) is 0 Å². The Morgan fingerprint density at radius 1 is 1.06 bits per heavy atom. The van der Waals surface area contributed by atoms with Crippen molar-refractivity contribution in [3.05, 3.63) is 30.3 Å². The van der Waals surface area contributed by atoms with Gasteiger partial charge < -0.3 is 14.5 Å². The maximum Gasteiger partial charge on any atom is 0.309 e. The average Bonchev–Trinajstić information content (AvgIpc) is 3.28. The number of thioether (sulfide) groups is 1. The van der Waals surface area contributed by atoms with Gasteiger partial charge in [0.2, 0.25) is 11.9 Å². The molecule has 1 amide bonds. The van der Waals surface area contributed by atoms with E-state index >= 15 is 0 Å². The van der Waals surface area contributed by atoms with E-state index in [4.69, 9.17) is 4.74 Å². The normalized spacial score (nSPS) is 18.2. The van der Waals surface area contributed by atoms with Crippen molar-refractivity contribution in [3.63, 3.8) is 0 Å². The van der Waals surface area contributed by atoms with Gasteiger partial charge in [0, 0.05) is 26.2 Å². The van der Waals surface area contributed by atoms with Crippen LogP contribution in [0.3, 0.4) is 0 Å². The summed E-state index contributed by atoms with van der Waals surface area (Å²) in [4.78, 5) is 29.3. The SMILES string of the molecule is CCOC(=O)C1CCN(C(=O)[C@@H](C)Sc2nnc(N3CCCCC3)n2-c2ccccc2)CC1. The number of carbonyl (C=O) groups is 2. The third kappa shape index (κ3) is 5.51. The number of nitrogens with zero attached hydrogens (tertiary/aromatic N) is 5. The molecular formula is C24H33N5O3S. The number of rotatable bonds is 7. The van der Waals surface area contributed by atoms with Crippen molar-refractivity contribution < 1.29 is 14.3 Å². The summed E-state index contributed by atoms with van der Waals surface area (Å²) in [5.41, 5.74) is 1.00. The minimum Gasteiger partial charge on any atom is -0.466 e. The Hall–Kier alpha value is -2.55. The molecule has 1 aromatic carbocycles. The molecule has 0 aliphatic carbocycles. The third-order valence-electron chi connectivity index (χ3n) is 6.33. The van der Waals surface area contributed by atoms with Gasteiger partial charge in [0.25, 0.3) is 0 Å². The number of aromatic nitrogens is 3. The first-order valence-corrected chi connectivity index (χ1v) is 12.8. The minimum atomic E-state index is -0.301. The van der Waals surface area contributed by atoms with Crippen LogP contribution in [0.5, 0.6) is 0 Å². The molecule has 33 heavy (non-hydrogen) atoms. The van der Waals surface area contributed by atoms with Crippen LogP contribution < -0.4 is 4.90 Å². The third-order valence-corrected chi connectivity index (χ3v) is 7.36. The molecule has 0 spiro atoms. The van der Waals surface area contributed by atoms with Gasteiger partial charge in [-0.05, 0) is 58.1 Å². The lowest BCUT2D eigenvalue weighted by Gasteiger charge is -2.32. The first-order valence-electron chi connectivity index (χ1n) is 12.0. The van der Waals surface area contributed by atoms with E-state index in [9.17, 15) is 9.59 Å². The summed E-state index contributed by atoms with van der Waals surface area (Å²) < 4.78 is 7.22. The maximum absolute atomic E-state index is 13.2. The molecule has 0 N–H and O–H groups in total. The Morgan fingerprint density at radius 3 is 2.42 bits per heavy atom. The summed E-state index contributed by atoms with van der Waals surface area (Å²) in [6.45, 7) is 7.25. The first kappa shape index (κ1) is 23.6. The average molecular weight is 472 g/mol. The molecule has 1 atom stereocenters. The Labute approximate surface area is 199 Å². The smallest absolute Gasteiger partial charge is 0.309 e. The van der Waals surface area contributed by atoms with Gasteiger partial charge in [-0.2, -0.15) is 0 Å². The van der Waals surface area contributed by atoms with Crippen molar-refractivity contribution >= 4 is 29.6 Å². The van der Waals surface area contributed by atoms with Crippen molar-refractivity contribution in [2.75, 3.05) is 37.7 Å². The minimum absolute atomic E-state index is 0.0736. The number of amides is 1. The number of carbonyl (C=O) groups excluding carboxylic acids is 2. The van der Waals surface area contributed by atoms with Crippen LogP contribution in [0.1, 0.15) is 46.0 Å². The van der Waals surface area contributed by atoms with E-state index in [-0.39, 0.29) is 23.0 Å². The number of benzene rings is 1. The predicted molar refractivity (Wildman–Crippen MR) is 129 cm³/mol. The van der Waals surface area contributed by atoms with Crippen LogP contribution in [0.4, 0.5) is 5.95 Å². The molecule has 3 heterocycles. The number of hydrogen-bond acceptors (Lipinski definition) is 7. The molecule has 2 fully saturated rings. The highest BCUT2D eigenvalue weighted by Gasteiger charge is 2.31. The second-order valence-corrected chi connectivity index (χ2v) is 9.92. The zero-order valence-electron chi connectivity index (χ0n) is 19.5. The van der Waals surface area contributed by atoms with E-state index in [0.717, 1.165) is 42.7 Å². The fourth-order valence-electron chi connectivity index (χ4n) is 4.50. The zero-order chi connectivity index (χ0) is 23.2. The van der Waals surface area contributed by atoms with Gasteiger partial charge >= 0.3 is 5.97 Å². The molecule has 2 aliphatic heterocycles. The molecule has 0 saturated carbocycles. The number of piperidine rings is 2. The van der Waals surface area contributed by atoms with E-state index in [1.165, 1.54) is 18.2 Å². The molecule has 1 aromatic heterocycles. The Balaban J connectivity index is 1.46. The van der Waals surface area contributed by atoms with Crippen LogP contribution >= 0.6 is 11.8 Å². The van der Waals surface area contributed by atoms with E-state index in [1.54, 1.807) is 0 Å². The molecule has 2 saturated heterocycles. The highest BCUT2D eigenvalue weighted by molar-refractivity contribution is 8.00. The number of ether oxygens (including phenoxy) is 1. The summed E-state index contributed by atoms with van der Waals surface area (Å²) in [5.74, 6) is 0.668. The van der Waals surface area contributed by atoms with Gasteiger partial charge in [-0.1, -0.05) is 30.0 Å². The van der Waals surface area contributed by atoms with Gasteiger partial charge in [-0.25, -0.2) is 0 Å². The monoisotopic (exact) mass is 471 g/mol. The van der Waals surface area contributed by atoms with Gasteiger partial charge in [0.05, 0.1) is 23.5 Å². The van der Waals surface area contributed by atoms with Crippen molar-refractivity contribution in [3.8, 4) is 5.69 Å². The molecule has 4 rings (SSSR count). The number of likely N-dealkylation sites (tertiary alicyclic amines) is 1. The van der Waals surface area contributed by atoms with Crippen molar-refractivity contribution in [1.82, 2.24) is 19.7 Å². The highest BCUT2D eigenvalue weighted by Crippen LogP contribution is 2.31. The lowest BCUT2D eigenvalue weighted by Crippen LogP contribution is -2.43. The molecule has 0 bridgehead atoms. The Bertz CT molecular complexity index is 937. The summed E-state index contributed by atoms with van der Waals surface area (Å²) in [5, 5.41) is 9.45. The van der Waals surface area contributed by atoms with Crippen molar-refractivity contribution in [2.45, 2.75) is 56.4 Å². The lowest BCUT2D eigenvalue weighted by atomic mass is 9.97. The van der Waals surface area contributed by atoms with Crippen molar-refractivity contribution in [2.24, 2.45) is 5.92 Å². The Kier molecular flexibility index (Phi) is 7.90. The molecule has 0 radical (unpaired) electrons. The van der Waals surface area contributed by atoms with E-state index in [2.05, 4.69) is 19.7 Å². The highest BCUT2D eigenvalue weighted by atomic mass is 32.2. The molecule has 9 heteroatoms. The number of para-hydroxylation sites is 1. The van der Waals surface area contributed by atoms with Gasteiger partial charge in [0.15, 0.2) is 5.16 Å². The number of hydrogen-bond donors (Lipinski definition) is 0. The Morgan fingerprint density at radius 2 is 1.76 bits per heavy atom. The number of anilines is 1. The van der Waals surface area contributed by atoms with Gasteiger partial charge in [0.1, 0.15) is 0 Å². The van der Waals surface area contributed by atoms with Crippen LogP contribution in [0, 0.1) is 5.92 Å². The second-order valence-electron chi connectivity index (χ2n) is 8.61. The van der Waals surface area contributed by atoms with Crippen LogP contribution in [0.2, 0.25) is 0 Å². The summed E-state index contributed by atoms with van der Waals surface area (Å²) in [6, 6.07) is 10.1. The fraction of sp³-hybridized carbons (Fsp3) is 0.583. The molecule has 0 unspecified atom stereocenters. The van der Waals surface area contributed by atoms with Crippen LogP contribution in [0.25, 0.3) is 5.69 Å². The van der Waals surface area contributed by atoms with E-state index in [1.807, 2.05) is 49.1 Å². The largest absolute Gasteiger partial charge is 0.466 e. The van der Waals surface area contributed by atoms with E-state index in [0.29, 0.717) is 32.5 Å². The van der Waals surface area contributed by atoms with Gasteiger partial charge in [-0.15, -0.1) is 10.2 Å². The summed E-state index contributed by atoms with van der Waals surface area (Å²) in [6.07, 6.45) is 4.86. The quantitative estimate of drug-likeness (QED) is 0.451. The summed E-state index contributed by atoms with van der Waals surface area (Å²) in [7, 11) is 0. The topological polar surface area (TPSA) is 80.6 Å². The van der Waals surface area contributed by atoms with Crippen LogP contribution in [-0.2, 0) is 14.3 Å². The molecular weight excluding hydrogens is 438 g/mol. The maximum atomic E-state index is 13.2. The van der Waals surface area contributed by atoms with Crippen LogP contribution in [-0.4, -0.2) is 69.6 Å². The zero-order valence-corrected chi connectivity index (χ0v) is 20.3.